The van der Waals surface area contributed by atoms with Crippen LogP contribution in [0, 0.1) is 7.43 Å². The first kappa shape index (κ1) is 18.1. The first-order valence-corrected chi connectivity index (χ1v) is 10.8. The van der Waals surface area contributed by atoms with Crippen LogP contribution < -0.4 is 29.6 Å². The molecule has 0 heterocycles. The molecule has 2 heteroatoms. The molecule has 0 aliphatic rings. The second-order valence-electron chi connectivity index (χ2n) is 4.47. The average molecular weight is 372 g/mol. The van der Waals surface area contributed by atoms with E-state index in [9.17, 15) is 0 Å². The van der Waals surface area contributed by atoms with Crippen LogP contribution in [0.25, 0.3) is 0 Å². The summed E-state index contributed by atoms with van der Waals surface area (Å²) in [6, 6.07) is 32.9. The van der Waals surface area contributed by atoms with Gasteiger partial charge in [-0.2, -0.15) is 0 Å². The fourth-order valence-electron chi connectivity index (χ4n) is 2.31. The monoisotopic (exact) mass is 373 g/mol. The number of benzene rings is 3. The van der Waals surface area contributed by atoms with Crippen molar-refractivity contribution in [2.45, 2.75) is 0 Å². The average Bonchev–Trinajstić information content (AvgIpc) is 2.51. The molecule has 0 fully saturated rings. The summed E-state index contributed by atoms with van der Waals surface area (Å²) in [5.41, 5.74) is 0. The summed E-state index contributed by atoms with van der Waals surface area (Å²) in [7, 11) is 0. The van der Waals surface area contributed by atoms with Crippen LogP contribution in [0.15, 0.2) is 91.0 Å². The number of hydrogen-bond donors (Lipinski definition) is 0. The Labute approximate surface area is 147 Å². The Balaban J connectivity index is 0.00000110. The van der Waals surface area contributed by atoms with E-state index >= 15 is 0 Å². The van der Waals surface area contributed by atoms with Gasteiger partial charge in [-0.15, -0.1) is 0 Å². The van der Waals surface area contributed by atoms with Crippen molar-refractivity contribution in [3.05, 3.63) is 98.4 Å². The fourth-order valence-corrected chi connectivity index (χ4v) is 9.67. The van der Waals surface area contributed by atoms with E-state index in [1.165, 1.54) is 10.7 Å². The van der Waals surface area contributed by atoms with E-state index < -0.39 is 19.8 Å². The van der Waals surface area contributed by atoms with E-state index in [2.05, 4.69) is 91.0 Å². The van der Waals surface area contributed by atoms with Gasteiger partial charge in [0.2, 0.25) is 0 Å². The van der Waals surface area contributed by atoms with Crippen molar-refractivity contribution in [3.8, 4) is 0 Å². The maximum absolute atomic E-state index is 2.29. The third-order valence-electron chi connectivity index (χ3n) is 3.19. The molecule has 0 bridgehead atoms. The van der Waals surface area contributed by atoms with E-state index in [0.717, 1.165) is 0 Å². The van der Waals surface area contributed by atoms with Crippen molar-refractivity contribution < 1.29 is 18.9 Å². The second kappa shape index (κ2) is 9.15. The van der Waals surface area contributed by atoms with Gasteiger partial charge in [-0.05, 0) is 0 Å². The van der Waals surface area contributed by atoms with Gasteiger partial charge in [0.1, 0.15) is 0 Å². The van der Waals surface area contributed by atoms with Gasteiger partial charge in [0.25, 0.3) is 0 Å². The summed E-state index contributed by atoms with van der Waals surface area (Å²) in [6.07, 6.45) is 0. The van der Waals surface area contributed by atoms with Gasteiger partial charge < -0.3 is 7.43 Å². The van der Waals surface area contributed by atoms with Crippen molar-refractivity contribution in [2.24, 2.45) is 0 Å². The Morgan fingerprint density at radius 3 is 0.905 bits per heavy atom. The maximum atomic E-state index is 2.29. The normalized spacial score (nSPS) is 9.57. The molecule has 3 aromatic rings. The third kappa shape index (κ3) is 4.51. The summed E-state index contributed by atoms with van der Waals surface area (Å²) in [5, 5.41) is 0. The Hall–Kier alpha value is -0.944. The SMILES string of the molecule is [CH3-].[Li+].c1cc[c]([Sn]([c]2ccccc2)[c]2ccccc2)cc1. The van der Waals surface area contributed by atoms with Gasteiger partial charge in [-0.25, -0.2) is 0 Å². The van der Waals surface area contributed by atoms with Crippen molar-refractivity contribution >= 4 is 30.5 Å². The van der Waals surface area contributed by atoms with Crippen LogP contribution >= 0.6 is 0 Å². The Bertz CT molecular complexity index is 530. The van der Waals surface area contributed by atoms with E-state index in [4.69, 9.17) is 0 Å². The molecule has 0 aliphatic heterocycles. The van der Waals surface area contributed by atoms with Gasteiger partial charge in [-0.3, -0.25) is 0 Å². The molecule has 1 radical (unpaired) electrons. The molecular formula is C19H18LiSn. The van der Waals surface area contributed by atoms with Crippen molar-refractivity contribution in [3.63, 3.8) is 0 Å². The van der Waals surface area contributed by atoms with Crippen molar-refractivity contribution in [1.29, 1.82) is 0 Å². The molecule has 0 unspecified atom stereocenters. The number of rotatable bonds is 3. The predicted molar refractivity (Wildman–Crippen MR) is 90.4 cm³/mol. The van der Waals surface area contributed by atoms with E-state index in [1.807, 2.05) is 0 Å². The van der Waals surface area contributed by atoms with E-state index in [-0.39, 0.29) is 26.3 Å². The fraction of sp³-hybridized carbons (Fsp3) is 0. The van der Waals surface area contributed by atoms with Gasteiger partial charge >= 0.3 is 140 Å². The molecule has 0 N–H and O–H groups in total. The molecule has 21 heavy (non-hydrogen) atoms. The summed E-state index contributed by atoms with van der Waals surface area (Å²) < 4.78 is 4.59. The van der Waals surface area contributed by atoms with Gasteiger partial charge in [0.05, 0.1) is 0 Å². The van der Waals surface area contributed by atoms with Gasteiger partial charge in [0, 0.05) is 0 Å². The van der Waals surface area contributed by atoms with Crippen molar-refractivity contribution in [1.82, 2.24) is 0 Å². The summed E-state index contributed by atoms with van der Waals surface area (Å²) in [5.74, 6) is 0. The van der Waals surface area contributed by atoms with Gasteiger partial charge in [0.15, 0.2) is 0 Å². The molecule has 0 aromatic heterocycles. The molecule has 0 atom stereocenters. The van der Waals surface area contributed by atoms with Crippen molar-refractivity contribution in [2.75, 3.05) is 0 Å². The molecule has 0 amide bonds. The summed E-state index contributed by atoms with van der Waals surface area (Å²) >= 11 is -1.98. The minimum absolute atomic E-state index is 0. The molecule has 0 saturated carbocycles. The molecule has 0 saturated heterocycles. The Morgan fingerprint density at radius 2 is 0.667 bits per heavy atom. The standard InChI is InChI=1S/3C6H5.CH3.Li.Sn/c3*1-2-4-6-5-3-1;;;/h3*1-5H;1H3;;/q;;;-1;+1;. The topological polar surface area (TPSA) is 0 Å². The predicted octanol–water partition coefficient (Wildman–Crippen LogP) is -0.343. The van der Waals surface area contributed by atoms with Crippen LogP contribution in [0.3, 0.4) is 0 Å². The zero-order chi connectivity index (χ0) is 12.9. The van der Waals surface area contributed by atoms with E-state index in [0.29, 0.717) is 0 Å². The first-order valence-electron chi connectivity index (χ1n) is 6.48. The Morgan fingerprint density at radius 1 is 0.429 bits per heavy atom. The Kier molecular flexibility index (Phi) is 7.89. The van der Waals surface area contributed by atoms with Gasteiger partial charge in [-0.1, -0.05) is 0 Å². The van der Waals surface area contributed by atoms with Crippen LogP contribution in [-0.4, -0.2) is 19.8 Å². The number of hydrogen-bond acceptors (Lipinski definition) is 0. The van der Waals surface area contributed by atoms with E-state index in [1.54, 1.807) is 0 Å². The van der Waals surface area contributed by atoms with Crippen LogP contribution in [0.4, 0.5) is 0 Å². The molecule has 3 aromatic carbocycles. The quantitative estimate of drug-likeness (QED) is 0.436. The third-order valence-corrected chi connectivity index (χ3v) is 11.0. The molecular weight excluding hydrogens is 354 g/mol. The molecule has 99 valence electrons. The van der Waals surface area contributed by atoms with Crippen LogP contribution in [0.5, 0.6) is 0 Å². The second-order valence-corrected chi connectivity index (χ2v) is 11.6. The summed E-state index contributed by atoms with van der Waals surface area (Å²) in [4.78, 5) is 0. The van der Waals surface area contributed by atoms with Crippen LogP contribution in [0.2, 0.25) is 0 Å². The summed E-state index contributed by atoms with van der Waals surface area (Å²) in [6.45, 7) is 0. The zero-order valence-corrected chi connectivity index (χ0v) is 15.5. The molecule has 3 rings (SSSR count). The van der Waals surface area contributed by atoms with Crippen LogP contribution in [0.1, 0.15) is 0 Å². The molecule has 0 spiro atoms. The first-order chi connectivity index (χ1) is 9.45. The molecule has 0 aliphatic carbocycles. The zero-order valence-electron chi connectivity index (χ0n) is 12.7. The van der Waals surface area contributed by atoms with Crippen LogP contribution in [-0.2, 0) is 0 Å². The minimum atomic E-state index is -1.98. The molecule has 0 nitrogen and oxygen atoms in total.